The van der Waals surface area contributed by atoms with Crippen molar-refractivity contribution >= 4 is 23.3 Å². The molecule has 98 valence electrons. The van der Waals surface area contributed by atoms with Gasteiger partial charge in [-0.05, 0) is 18.6 Å². The summed E-state index contributed by atoms with van der Waals surface area (Å²) in [6, 6.07) is 3.85. The minimum atomic E-state index is -0.845. The lowest BCUT2D eigenvalue weighted by atomic mass is 10.3. The molecule has 1 rings (SSSR count). The molecule has 0 aliphatic carbocycles. The maximum absolute atomic E-state index is 11.5. The molecule has 4 nitrogen and oxygen atoms in total. The highest BCUT2D eigenvalue weighted by Gasteiger charge is 2.13. The largest absolute Gasteiger partial charge is 0.426 e. The Kier molecular flexibility index (Phi) is 5.58. The molecule has 0 bridgehead atoms. The summed E-state index contributed by atoms with van der Waals surface area (Å²) in [6.45, 7) is 6.44. The third-order valence-corrected chi connectivity index (χ3v) is 3.12. The van der Waals surface area contributed by atoms with Gasteiger partial charge >= 0.3 is 11.9 Å². The molecule has 0 amide bonds. The fraction of sp³-hybridized carbons (Fsp3) is 0.385. The van der Waals surface area contributed by atoms with Crippen LogP contribution in [0.25, 0.3) is 0 Å². The zero-order valence-corrected chi connectivity index (χ0v) is 11.3. The molecule has 5 heteroatoms. The Bertz CT molecular complexity index is 436. The molecule has 1 unspecified atom stereocenters. The minimum Gasteiger partial charge on any atom is -0.426 e. The van der Waals surface area contributed by atoms with Crippen molar-refractivity contribution in [2.24, 2.45) is 0 Å². The summed E-state index contributed by atoms with van der Waals surface area (Å²) in [5.74, 6) is -0.879. The zero-order valence-electron chi connectivity index (χ0n) is 10.5. The van der Waals surface area contributed by atoms with E-state index in [1.807, 2.05) is 18.2 Å². The van der Waals surface area contributed by atoms with Gasteiger partial charge in [0.2, 0.25) is 6.29 Å². The molecule has 0 aliphatic rings. The van der Waals surface area contributed by atoms with E-state index in [0.717, 1.165) is 16.2 Å². The van der Waals surface area contributed by atoms with Crippen LogP contribution in [0.5, 0.6) is 0 Å². The molecule has 1 aromatic rings. The van der Waals surface area contributed by atoms with Gasteiger partial charge in [-0.1, -0.05) is 6.08 Å². The third-order valence-electron chi connectivity index (χ3n) is 2.01. The summed E-state index contributed by atoms with van der Waals surface area (Å²) in [7, 11) is 0. The van der Waals surface area contributed by atoms with E-state index in [9.17, 15) is 9.59 Å². The summed E-state index contributed by atoms with van der Waals surface area (Å²) in [5, 5.41) is 0. The first-order chi connectivity index (χ1) is 8.51. The van der Waals surface area contributed by atoms with Gasteiger partial charge in [0.25, 0.3) is 0 Å². The van der Waals surface area contributed by atoms with Gasteiger partial charge in [0.1, 0.15) is 0 Å². The molecule has 0 N–H and O–H groups in total. The molecule has 0 aliphatic heterocycles. The van der Waals surface area contributed by atoms with Gasteiger partial charge in [-0.3, -0.25) is 9.59 Å². The van der Waals surface area contributed by atoms with Gasteiger partial charge in [-0.2, -0.15) is 0 Å². The van der Waals surface area contributed by atoms with Gasteiger partial charge in [0, 0.05) is 23.6 Å². The average Bonchev–Trinajstić information content (AvgIpc) is 2.64. The molecule has 0 aromatic carbocycles. The number of rotatable bonds is 6. The lowest BCUT2D eigenvalue weighted by Crippen LogP contribution is -2.21. The first kappa shape index (κ1) is 14.4. The Balaban J connectivity index is 2.43. The van der Waals surface area contributed by atoms with Crippen molar-refractivity contribution in [3.05, 3.63) is 34.5 Å². The lowest BCUT2D eigenvalue weighted by Gasteiger charge is -2.12. The molecular formula is C13H16O4S. The Morgan fingerprint density at radius 3 is 2.67 bits per heavy atom. The van der Waals surface area contributed by atoms with E-state index in [2.05, 4.69) is 6.58 Å². The van der Waals surface area contributed by atoms with Crippen LogP contribution in [0.15, 0.2) is 24.8 Å². The van der Waals surface area contributed by atoms with Crippen LogP contribution < -0.4 is 0 Å². The molecule has 1 atom stereocenters. The summed E-state index contributed by atoms with van der Waals surface area (Å²) in [4.78, 5) is 24.3. The Labute approximate surface area is 110 Å². The third kappa shape index (κ3) is 5.14. The number of esters is 2. The molecule has 0 saturated carbocycles. The number of carbonyl (C=O) groups is 2. The Hall–Kier alpha value is -1.62. The van der Waals surface area contributed by atoms with Crippen LogP contribution in [0.1, 0.15) is 23.6 Å². The average molecular weight is 268 g/mol. The second-order valence-corrected chi connectivity index (χ2v) is 4.96. The molecule has 0 fully saturated rings. The highest BCUT2D eigenvalue weighted by molar-refractivity contribution is 7.12. The van der Waals surface area contributed by atoms with E-state index < -0.39 is 18.2 Å². The van der Waals surface area contributed by atoms with E-state index in [1.54, 1.807) is 11.3 Å². The minimum absolute atomic E-state index is 0.188. The SMILES string of the molecule is C=CCc1ccc(CC(=O)OC(C)OC(C)=O)s1. The Morgan fingerprint density at radius 1 is 1.39 bits per heavy atom. The van der Waals surface area contributed by atoms with Crippen LogP contribution in [0.3, 0.4) is 0 Å². The maximum atomic E-state index is 11.5. The molecular weight excluding hydrogens is 252 g/mol. The highest BCUT2D eigenvalue weighted by atomic mass is 32.1. The summed E-state index contributed by atoms with van der Waals surface area (Å²) >= 11 is 1.55. The van der Waals surface area contributed by atoms with Crippen molar-refractivity contribution in [1.82, 2.24) is 0 Å². The lowest BCUT2D eigenvalue weighted by molar-refractivity contribution is -0.182. The van der Waals surface area contributed by atoms with Crippen molar-refractivity contribution in [2.45, 2.75) is 33.0 Å². The van der Waals surface area contributed by atoms with Crippen LogP contribution >= 0.6 is 11.3 Å². The fourth-order valence-corrected chi connectivity index (χ4v) is 2.40. The number of hydrogen-bond acceptors (Lipinski definition) is 5. The first-order valence-corrected chi connectivity index (χ1v) is 6.38. The molecule has 1 heterocycles. The van der Waals surface area contributed by atoms with Gasteiger partial charge in [-0.15, -0.1) is 17.9 Å². The molecule has 1 aromatic heterocycles. The monoisotopic (exact) mass is 268 g/mol. The molecule has 0 radical (unpaired) electrons. The quantitative estimate of drug-likeness (QED) is 0.452. The second kappa shape index (κ2) is 6.96. The zero-order chi connectivity index (χ0) is 13.5. The van der Waals surface area contributed by atoms with Crippen LogP contribution in [-0.2, 0) is 31.9 Å². The highest BCUT2D eigenvalue weighted by Crippen LogP contribution is 2.18. The van der Waals surface area contributed by atoms with Crippen molar-refractivity contribution < 1.29 is 19.1 Å². The van der Waals surface area contributed by atoms with E-state index in [1.165, 1.54) is 13.8 Å². The maximum Gasteiger partial charge on any atom is 0.314 e. The predicted octanol–water partition coefficient (Wildman–Crippen LogP) is 2.47. The van der Waals surface area contributed by atoms with Gasteiger partial charge in [-0.25, -0.2) is 0 Å². The van der Waals surface area contributed by atoms with E-state index >= 15 is 0 Å². The van der Waals surface area contributed by atoms with Gasteiger partial charge < -0.3 is 9.47 Å². The first-order valence-electron chi connectivity index (χ1n) is 5.56. The van der Waals surface area contributed by atoms with Crippen LogP contribution in [0, 0.1) is 0 Å². The van der Waals surface area contributed by atoms with Crippen molar-refractivity contribution in [3.63, 3.8) is 0 Å². The summed E-state index contributed by atoms with van der Waals surface area (Å²) in [6.07, 6.45) is 1.95. The Morgan fingerprint density at radius 2 is 2.06 bits per heavy atom. The number of hydrogen-bond donors (Lipinski definition) is 0. The van der Waals surface area contributed by atoms with Gasteiger partial charge in [0.05, 0.1) is 6.42 Å². The fourth-order valence-electron chi connectivity index (χ4n) is 1.40. The number of thiophene rings is 1. The standard InChI is InChI=1S/C13H16O4S/c1-4-5-11-6-7-12(18-11)8-13(15)17-10(3)16-9(2)14/h4,6-7,10H,1,5,8H2,2-3H3. The number of ether oxygens (including phenoxy) is 2. The van der Waals surface area contributed by atoms with Crippen LogP contribution in [-0.4, -0.2) is 18.2 Å². The van der Waals surface area contributed by atoms with Gasteiger partial charge in [0.15, 0.2) is 0 Å². The topological polar surface area (TPSA) is 52.6 Å². The summed E-state index contributed by atoms with van der Waals surface area (Å²) in [5.41, 5.74) is 0. The molecule has 18 heavy (non-hydrogen) atoms. The summed E-state index contributed by atoms with van der Waals surface area (Å²) < 4.78 is 9.65. The van der Waals surface area contributed by atoms with E-state index in [4.69, 9.17) is 9.47 Å². The number of allylic oxidation sites excluding steroid dienone is 1. The normalized spacial score (nSPS) is 11.7. The van der Waals surface area contributed by atoms with Crippen LogP contribution in [0.2, 0.25) is 0 Å². The smallest absolute Gasteiger partial charge is 0.314 e. The van der Waals surface area contributed by atoms with E-state index in [-0.39, 0.29) is 6.42 Å². The van der Waals surface area contributed by atoms with Crippen molar-refractivity contribution in [1.29, 1.82) is 0 Å². The van der Waals surface area contributed by atoms with Crippen molar-refractivity contribution in [3.8, 4) is 0 Å². The molecule has 0 saturated heterocycles. The number of carbonyl (C=O) groups excluding carboxylic acids is 2. The van der Waals surface area contributed by atoms with Crippen molar-refractivity contribution in [2.75, 3.05) is 0 Å². The molecule has 0 spiro atoms. The predicted molar refractivity (Wildman–Crippen MR) is 69.2 cm³/mol. The van der Waals surface area contributed by atoms with Crippen LogP contribution in [0.4, 0.5) is 0 Å². The second-order valence-electron chi connectivity index (χ2n) is 3.70. The van der Waals surface area contributed by atoms with E-state index in [0.29, 0.717) is 0 Å².